The molecule has 8 heteroatoms. The fourth-order valence-corrected chi connectivity index (χ4v) is 3.41. The van der Waals surface area contributed by atoms with Crippen molar-refractivity contribution in [1.82, 2.24) is 4.90 Å². The van der Waals surface area contributed by atoms with Gasteiger partial charge in [-0.2, -0.15) is 0 Å². The smallest absolute Gasteiger partial charge is 0.411 e. The van der Waals surface area contributed by atoms with E-state index in [1.54, 1.807) is 20.8 Å². The molecule has 31 heavy (non-hydrogen) atoms. The molecule has 0 aliphatic carbocycles. The lowest BCUT2D eigenvalue weighted by Gasteiger charge is -2.27. The Morgan fingerprint density at radius 2 is 1.61 bits per heavy atom. The number of likely N-dealkylation sites (tertiary alicyclic amines) is 1. The normalized spacial score (nSPS) is 17.4. The predicted molar refractivity (Wildman–Crippen MR) is 124 cm³/mol. The van der Waals surface area contributed by atoms with Gasteiger partial charge < -0.3 is 14.2 Å². The molecule has 2 unspecified atom stereocenters. The third kappa shape index (κ3) is 9.72. The van der Waals surface area contributed by atoms with E-state index in [0.29, 0.717) is 0 Å². The fraction of sp³-hybridized carbons (Fsp3) is 0.609. The summed E-state index contributed by atoms with van der Waals surface area (Å²) in [5, 5.41) is 0. The number of carbonyl (C=O) groups excluding carboxylic acids is 3. The number of amides is 1. The van der Waals surface area contributed by atoms with Gasteiger partial charge in [0.25, 0.3) is 0 Å². The highest BCUT2D eigenvalue weighted by Crippen LogP contribution is 2.27. The number of aryl methyl sites for hydroxylation is 1. The first kappa shape index (κ1) is 28.9. The van der Waals surface area contributed by atoms with E-state index in [9.17, 15) is 14.4 Å². The van der Waals surface area contributed by atoms with Crippen LogP contribution >= 0.6 is 15.9 Å². The Balaban J connectivity index is 0.000000679. The summed E-state index contributed by atoms with van der Waals surface area (Å²) in [4.78, 5) is 36.6. The summed E-state index contributed by atoms with van der Waals surface area (Å²) >= 11 is 3.46. The van der Waals surface area contributed by atoms with Crippen molar-refractivity contribution in [2.75, 3.05) is 20.8 Å². The number of nitrogens with zero attached hydrogens (tertiary/aromatic N) is 1. The molecule has 1 aromatic carbocycles. The van der Waals surface area contributed by atoms with Gasteiger partial charge in [-0.3, -0.25) is 9.69 Å². The van der Waals surface area contributed by atoms with Crippen molar-refractivity contribution in [1.29, 1.82) is 0 Å². The second-order valence-electron chi connectivity index (χ2n) is 7.57. The van der Waals surface area contributed by atoms with E-state index in [1.165, 1.54) is 29.2 Å². The largest absolute Gasteiger partial charge is 0.469 e. The molecule has 0 saturated carbocycles. The molecule has 0 spiro atoms. The van der Waals surface area contributed by atoms with Crippen molar-refractivity contribution in [2.45, 2.75) is 66.0 Å². The quantitative estimate of drug-likeness (QED) is 0.428. The van der Waals surface area contributed by atoms with Crippen LogP contribution in [0.5, 0.6) is 0 Å². The zero-order chi connectivity index (χ0) is 24.2. The van der Waals surface area contributed by atoms with Gasteiger partial charge in [-0.05, 0) is 45.2 Å². The summed E-state index contributed by atoms with van der Waals surface area (Å²) in [6.45, 7) is 11.4. The van der Waals surface area contributed by atoms with Crippen LogP contribution in [-0.2, 0) is 30.2 Å². The van der Waals surface area contributed by atoms with Crippen LogP contribution in [0.25, 0.3) is 0 Å². The zero-order valence-electron chi connectivity index (χ0n) is 19.9. The van der Waals surface area contributed by atoms with Crippen LogP contribution in [0.1, 0.15) is 53.5 Å². The van der Waals surface area contributed by atoms with E-state index in [4.69, 9.17) is 4.74 Å². The minimum atomic E-state index is -0.820. The van der Waals surface area contributed by atoms with Gasteiger partial charge in [0.05, 0.1) is 20.1 Å². The zero-order valence-corrected chi connectivity index (χ0v) is 21.4. The van der Waals surface area contributed by atoms with Gasteiger partial charge in [0, 0.05) is 11.0 Å². The Bertz CT molecular complexity index is 716. The summed E-state index contributed by atoms with van der Waals surface area (Å²) in [6, 6.07) is 7.47. The van der Waals surface area contributed by atoms with Crippen LogP contribution in [0.2, 0.25) is 0 Å². The number of hydrogen-bond acceptors (Lipinski definition) is 6. The van der Waals surface area contributed by atoms with E-state index >= 15 is 0 Å². The maximum atomic E-state index is 12.1. The number of benzene rings is 1. The second-order valence-corrected chi connectivity index (χ2v) is 8.43. The molecule has 1 aliphatic rings. The van der Waals surface area contributed by atoms with Gasteiger partial charge in [-0.25, -0.2) is 9.59 Å². The van der Waals surface area contributed by atoms with E-state index in [2.05, 4.69) is 50.5 Å². The van der Waals surface area contributed by atoms with Gasteiger partial charge >= 0.3 is 18.0 Å². The molecule has 0 N–H and O–H groups in total. The molecule has 1 saturated heterocycles. The number of carbonyl (C=O) groups is 3. The Labute approximate surface area is 194 Å². The lowest BCUT2D eigenvalue weighted by Crippen LogP contribution is -2.43. The number of ether oxygens (including phenoxy) is 3. The van der Waals surface area contributed by atoms with Crippen molar-refractivity contribution in [3.8, 4) is 0 Å². The third-order valence-corrected chi connectivity index (χ3v) is 5.05. The summed E-state index contributed by atoms with van der Waals surface area (Å²) in [5.41, 5.74) is 0.693. The minimum absolute atomic E-state index is 0.0847. The summed E-state index contributed by atoms with van der Waals surface area (Å²) in [5.74, 6) is -1.57. The van der Waals surface area contributed by atoms with Gasteiger partial charge in [0.1, 0.15) is 11.6 Å². The third-order valence-electron chi connectivity index (χ3n) is 4.28. The number of rotatable bonds is 3. The average Bonchev–Trinajstić information content (AvgIpc) is 3.19. The molecule has 176 valence electrons. The maximum Gasteiger partial charge on any atom is 0.411 e. The molecule has 7 nitrogen and oxygen atoms in total. The minimum Gasteiger partial charge on any atom is -0.469 e. The molecule has 0 aromatic heterocycles. The predicted octanol–water partition coefficient (Wildman–Crippen LogP) is 5.00. The molecule has 2 atom stereocenters. The Kier molecular flexibility index (Phi) is 13.1. The molecule has 1 fully saturated rings. The maximum absolute atomic E-state index is 12.1. The van der Waals surface area contributed by atoms with E-state index in [1.807, 2.05) is 19.9 Å². The Morgan fingerprint density at radius 1 is 1.06 bits per heavy atom. The molecule has 1 heterocycles. The molecule has 1 aliphatic heterocycles. The first-order valence-electron chi connectivity index (χ1n) is 10.4. The number of hydrogen-bond donors (Lipinski definition) is 0. The van der Waals surface area contributed by atoms with E-state index in [-0.39, 0.29) is 13.0 Å². The van der Waals surface area contributed by atoms with Gasteiger partial charge in [0.15, 0.2) is 0 Å². The SMILES string of the molecule is CC.CCc1ccccc1Br.COC(=O)C1CC(C(=O)OC)N(C(=O)OC(C)(C)C)C1. The van der Waals surface area contributed by atoms with Crippen LogP contribution in [-0.4, -0.2) is 55.3 Å². The van der Waals surface area contributed by atoms with Crippen LogP contribution < -0.4 is 0 Å². The molecular weight excluding hydrogens is 466 g/mol. The van der Waals surface area contributed by atoms with Crippen LogP contribution in [0.3, 0.4) is 0 Å². The number of esters is 2. The summed E-state index contributed by atoms with van der Waals surface area (Å²) in [7, 11) is 2.51. The first-order chi connectivity index (χ1) is 14.5. The fourth-order valence-electron chi connectivity index (χ4n) is 2.84. The number of methoxy groups -OCH3 is 2. The van der Waals surface area contributed by atoms with Gasteiger partial charge in [-0.1, -0.05) is 54.9 Å². The molecule has 0 bridgehead atoms. The second kappa shape index (κ2) is 14.1. The van der Waals surface area contributed by atoms with Crippen LogP contribution in [0.15, 0.2) is 28.7 Å². The monoisotopic (exact) mass is 501 g/mol. The van der Waals surface area contributed by atoms with Crippen LogP contribution in [0, 0.1) is 5.92 Å². The van der Waals surface area contributed by atoms with Crippen molar-refractivity contribution >= 4 is 34.0 Å². The Morgan fingerprint density at radius 3 is 2.03 bits per heavy atom. The molecule has 1 amide bonds. The molecule has 1 aromatic rings. The van der Waals surface area contributed by atoms with Gasteiger partial charge in [-0.15, -0.1) is 0 Å². The topological polar surface area (TPSA) is 82.1 Å². The molecule has 0 radical (unpaired) electrons. The lowest BCUT2D eigenvalue weighted by molar-refractivity contribution is -0.145. The van der Waals surface area contributed by atoms with Gasteiger partial charge in [0.2, 0.25) is 0 Å². The highest BCUT2D eigenvalue weighted by molar-refractivity contribution is 9.10. The van der Waals surface area contributed by atoms with E-state index < -0.39 is 35.6 Å². The first-order valence-corrected chi connectivity index (χ1v) is 11.2. The van der Waals surface area contributed by atoms with E-state index in [0.717, 1.165) is 6.42 Å². The number of halogens is 1. The Hall–Kier alpha value is -2.09. The average molecular weight is 502 g/mol. The summed E-state index contributed by atoms with van der Waals surface area (Å²) in [6.07, 6.45) is 0.638. The standard InChI is InChI=1S/C13H21NO6.C8H9Br.C2H6/c1-13(2,3)20-12(17)14-7-8(10(15)18-4)6-9(14)11(16)19-5;1-2-7-5-3-4-6-8(7)9;1-2/h8-9H,6-7H2,1-5H3;3-6H,2H2,1H3;1-2H3. The van der Waals surface area contributed by atoms with Crippen molar-refractivity contribution in [2.24, 2.45) is 5.92 Å². The summed E-state index contributed by atoms with van der Waals surface area (Å²) < 4.78 is 15.8. The highest BCUT2D eigenvalue weighted by atomic mass is 79.9. The van der Waals surface area contributed by atoms with Crippen molar-refractivity contribution in [3.63, 3.8) is 0 Å². The highest BCUT2D eigenvalue weighted by Gasteiger charge is 2.45. The molecule has 2 rings (SSSR count). The molecular formula is C23H36BrNO6. The van der Waals surface area contributed by atoms with Crippen molar-refractivity contribution in [3.05, 3.63) is 34.3 Å². The van der Waals surface area contributed by atoms with Crippen LogP contribution in [0.4, 0.5) is 4.79 Å². The van der Waals surface area contributed by atoms with Crippen molar-refractivity contribution < 1.29 is 28.6 Å². The lowest BCUT2D eigenvalue weighted by atomic mass is 10.1.